The number of nitrogens with one attached hydrogen (secondary N) is 2. The molecule has 0 saturated carbocycles. The van der Waals surface area contributed by atoms with Gasteiger partial charge in [0.25, 0.3) is 0 Å². The topological polar surface area (TPSA) is 41.1 Å². The number of carbonyl (C=O) groups is 1. The molecule has 0 spiro atoms. The van der Waals surface area contributed by atoms with Gasteiger partial charge in [0.15, 0.2) is 0 Å². The molecule has 0 heterocycles. The van der Waals surface area contributed by atoms with Gasteiger partial charge < -0.3 is 10.6 Å². The van der Waals surface area contributed by atoms with Gasteiger partial charge in [-0.25, -0.2) is 4.39 Å². The van der Waals surface area contributed by atoms with Crippen LogP contribution in [0.3, 0.4) is 0 Å². The maximum absolute atomic E-state index is 13.3. The lowest BCUT2D eigenvalue weighted by atomic mass is 10.3. The quantitative estimate of drug-likeness (QED) is 0.834. The summed E-state index contributed by atoms with van der Waals surface area (Å²) in [4.78, 5) is 11.0. The number of carbonyl (C=O) groups excluding carboxylic acids is 1. The maximum Gasteiger partial charge on any atom is 0.405 e. The molecule has 0 fully saturated rings. The van der Waals surface area contributed by atoms with E-state index < -0.39 is 31.0 Å². The van der Waals surface area contributed by atoms with E-state index in [1.54, 1.807) is 11.4 Å². The minimum Gasteiger partial charge on any atom is -0.374 e. The van der Waals surface area contributed by atoms with Crippen molar-refractivity contribution in [3.8, 4) is 0 Å². The van der Waals surface area contributed by atoms with E-state index in [-0.39, 0.29) is 5.69 Å². The Morgan fingerprint density at radius 2 is 2.00 bits per heavy atom. The molecule has 0 aromatic heterocycles. The number of amides is 1. The van der Waals surface area contributed by atoms with Gasteiger partial charge in [0.2, 0.25) is 5.91 Å². The van der Waals surface area contributed by atoms with E-state index in [0.717, 1.165) is 0 Å². The fraction of sp³-hybridized carbons (Fsp3) is 0.300. The maximum atomic E-state index is 13.3. The number of hydrogen-bond donors (Lipinski definition) is 2. The van der Waals surface area contributed by atoms with Crippen molar-refractivity contribution in [1.82, 2.24) is 5.32 Å². The third kappa shape index (κ3) is 5.35. The zero-order valence-corrected chi connectivity index (χ0v) is 10.5. The third-order valence-electron chi connectivity index (χ3n) is 1.86. The highest BCUT2D eigenvalue weighted by atomic mass is 79.9. The van der Waals surface area contributed by atoms with Gasteiger partial charge in [-0.3, -0.25) is 4.79 Å². The molecule has 1 amide bonds. The lowest BCUT2D eigenvalue weighted by molar-refractivity contribution is -0.137. The van der Waals surface area contributed by atoms with Crippen molar-refractivity contribution in [2.75, 3.05) is 18.4 Å². The number of alkyl halides is 3. The zero-order valence-electron chi connectivity index (χ0n) is 8.94. The van der Waals surface area contributed by atoms with Crippen LogP contribution < -0.4 is 10.6 Å². The predicted octanol–water partition coefficient (Wildman–Crippen LogP) is 2.68. The number of anilines is 1. The number of halogens is 5. The molecule has 100 valence electrons. The second-order valence-corrected chi connectivity index (χ2v) is 4.29. The Morgan fingerprint density at radius 1 is 1.33 bits per heavy atom. The van der Waals surface area contributed by atoms with Gasteiger partial charge in [0.05, 0.1) is 12.2 Å². The van der Waals surface area contributed by atoms with Crippen LogP contribution in [0.2, 0.25) is 0 Å². The van der Waals surface area contributed by atoms with Crippen LogP contribution in [0, 0.1) is 5.82 Å². The smallest absolute Gasteiger partial charge is 0.374 e. The Hall–Kier alpha value is -1.31. The minimum atomic E-state index is -4.46. The summed E-state index contributed by atoms with van der Waals surface area (Å²) in [6, 6.07) is 4.09. The lowest BCUT2D eigenvalue weighted by Gasteiger charge is -2.10. The standard InChI is InChI=1S/C10H9BrF4N2O/c11-6-1-2-8(7(12)3-6)16-4-9(18)17-5-10(13,14)15/h1-3,16H,4-5H2,(H,17,18). The molecule has 2 N–H and O–H groups in total. The fourth-order valence-corrected chi connectivity index (χ4v) is 1.40. The van der Waals surface area contributed by atoms with Gasteiger partial charge in [-0.1, -0.05) is 15.9 Å². The first-order chi connectivity index (χ1) is 8.28. The highest BCUT2D eigenvalue weighted by Gasteiger charge is 2.27. The molecule has 0 aliphatic carbocycles. The summed E-state index contributed by atoms with van der Waals surface area (Å²) in [5.74, 6) is -1.47. The molecule has 0 aliphatic rings. The monoisotopic (exact) mass is 328 g/mol. The molecule has 1 aromatic rings. The van der Waals surface area contributed by atoms with Crippen LogP contribution in [-0.2, 0) is 4.79 Å². The molecule has 3 nitrogen and oxygen atoms in total. The van der Waals surface area contributed by atoms with Crippen LogP contribution in [-0.4, -0.2) is 25.2 Å². The summed E-state index contributed by atoms with van der Waals surface area (Å²) in [6.45, 7) is -1.84. The Morgan fingerprint density at radius 3 is 2.56 bits per heavy atom. The van der Waals surface area contributed by atoms with Gasteiger partial charge in [0.1, 0.15) is 12.4 Å². The van der Waals surface area contributed by atoms with E-state index in [9.17, 15) is 22.4 Å². The van der Waals surface area contributed by atoms with Crippen molar-refractivity contribution >= 4 is 27.5 Å². The van der Waals surface area contributed by atoms with Gasteiger partial charge in [-0.05, 0) is 18.2 Å². The van der Waals surface area contributed by atoms with Crippen molar-refractivity contribution in [1.29, 1.82) is 0 Å². The molecule has 0 unspecified atom stereocenters. The first-order valence-electron chi connectivity index (χ1n) is 4.80. The average molecular weight is 329 g/mol. The summed E-state index contributed by atoms with van der Waals surface area (Å²) in [7, 11) is 0. The number of rotatable bonds is 4. The summed E-state index contributed by atoms with van der Waals surface area (Å²) in [5.41, 5.74) is 0.0420. The van der Waals surface area contributed by atoms with Gasteiger partial charge in [-0.2, -0.15) is 13.2 Å². The molecular formula is C10H9BrF4N2O. The molecule has 0 radical (unpaired) electrons. The first kappa shape index (κ1) is 14.7. The zero-order chi connectivity index (χ0) is 13.8. The highest BCUT2D eigenvalue weighted by molar-refractivity contribution is 9.10. The normalized spacial score (nSPS) is 11.2. The molecule has 18 heavy (non-hydrogen) atoms. The molecule has 0 saturated heterocycles. The predicted molar refractivity (Wildman–Crippen MR) is 61.7 cm³/mol. The molecular weight excluding hydrogens is 320 g/mol. The Bertz CT molecular complexity index is 436. The fourth-order valence-electron chi connectivity index (χ4n) is 1.07. The summed E-state index contributed by atoms with van der Waals surface area (Å²) in [5, 5.41) is 4.07. The van der Waals surface area contributed by atoms with E-state index >= 15 is 0 Å². The van der Waals surface area contributed by atoms with Crippen molar-refractivity contribution in [3.05, 3.63) is 28.5 Å². The second-order valence-electron chi connectivity index (χ2n) is 3.37. The minimum absolute atomic E-state index is 0.0420. The van der Waals surface area contributed by atoms with Crippen LogP contribution in [0.15, 0.2) is 22.7 Å². The van der Waals surface area contributed by atoms with Crippen LogP contribution in [0.1, 0.15) is 0 Å². The molecule has 1 aromatic carbocycles. The SMILES string of the molecule is O=C(CNc1ccc(Br)cc1F)NCC(F)(F)F. The number of hydrogen-bond acceptors (Lipinski definition) is 2. The lowest BCUT2D eigenvalue weighted by Crippen LogP contribution is -2.37. The molecule has 0 atom stereocenters. The van der Waals surface area contributed by atoms with E-state index in [2.05, 4.69) is 21.2 Å². The molecule has 0 aliphatic heterocycles. The average Bonchev–Trinajstić information content (AvgIpc) is 2.24. The van der Waals surface area contributed by atoms with E-state index in [1.807, 2.05) is 0 Å². The van der Waals surface area contributed by atoms with Crippen LogP contribution in [0.4, 0.5) is 23.2 Å². The third-order valence-corrected chi connectivity index (χ3v) is 2.35. The van der Waals surface area contributed by atoms with Crippen molar-refractivity contribution in [2.45, 2.75) is 6.18 Å². The highest BCUT2D eigenvalue weighted by Crippen LogP contribution is 2.19. The van der Waals surface area contributed by atoms with Crippen molar-refractivity contribution in [2.24, 2.45) is 0 Å². The van der Waals surface area contributed by atoms with Crippen molar-refractivity contribution < 1.29 is 22.4 Å². The second kappa shape index (κ2) is 6.03. The van der Waals surface area contributed by atoms with Gasteiger partial charge in [0, 0.05) is 4.47 Å². The van der Waals surface area contributed by atoms with E-state index in [0.29, 0.717) is 4.47 Å². The summed E-state index contributed by atoms with van der Waals surface area (Å²) in [6.07, 6.45) is -4.46. The van der Waals surface area contributed by atoms with Gasteiger partial charge in [-0.15, -0.1) is 0 Å². The van der Waals surface area contributed by atoms with Crippen LogP contribution >= 0.6 is 15.9 Å². The number of benzene rings is 1. The van der Waals surface area contributed by atoms with Crippen molar-refractivity contribution in [3.63, 3.8) is 0 Å². The Labute approximate surface area is 109 Å². The van der Waals surface area contributed by atoms with E-state index in [1.165, 1.54) is 12.1 Å². The first-order valence-corrected chi connectivity index (χ1v) is 5.59. The molecule has 0 bridgehead atoms. The molecule has 8 heteroatoms. The van der Waals surface area contributed by atoms with Crippen LogP contribution in [0.25, 0.3) is 0 Å². The largest absolute Gasteiger partial charge is 0.405 e. The Kier molecular flexibility index (Phi) is 4.94. The molecule has 1 rings (SSSR count). The van der Waals surface area contributed by atoms with E-state index in [4.69, 9.17) is 0 Å². The van der Waals surface area contributed by atoms with Gasteiger partial charge >= 0.3 is 6.18 Å². The summed E-state index contributed by atoms with van der Waals surface area (Å²) >= 11 is 3.05. The summed E-state index contributed by atoms with van der Waals surface area (Å²) < 4.78 is 49.2. The Balaban J connectivity index is 2.43. The van der Waals surface area contributed by atoms with Crippen LogP contribution in [0.5, 0.6) is 0 Å².